The number of carbonyl (C=O) groups is 1. The van der Waals surface area contributed by atoms with Crippen molar-refractivity contribution in [1.29, 1.82) is 0 Å². The maximum Gasteiger partial charge on any atom is 0.261 e. The lowest BCUT2D eigenvalue weighted by Crippen LogP contribution is -2.48. The number of benzene rings is 2. The zero-order valence-corrected chi connectivity index (χ0v) is 15.7. The number of hydrogen-bond acceptors (Lipinski definition) is 6. The lowest BCUT2D eigenvalue weighted by atomic mass is 10.1. The quantitative estimate of drug-likeness (QED) is 0.454. The number of hydroxylamine groups is 1. The highest BCUT2D eigenvalue weighted by atomic mass is 32.2. The van der Waals surface area contributed by atoms with Gasteiger partial charge in [-0.1, -0.05) is 37.7 Å². The molecule has 138 valence electrons. The van der Waals surface area contributed by atoms with E-state index in [2.05, 4.69) is 4.72 Å². The van der Waals surface area contributed by atoms with Crippen LogP contribution in [-0.4, -0.2) is 25.6 Å². The zero-order valence-electron chi connectivity index (χ0n) is 14.1. The van der Waals surface area contributed by atoms with Crippen LogP contribution in [0.1, 0.15) is 13.8 Å². The Morgan fingerprint density at radius 2 is 1.81 bits per heavy atom. The van der Waals surface area contributed by atoms with Crippen LogP contribution in [0.3, 0.4) is 0 Å². The van der Waals surface area contributed by atoms with Gasteiger partial charge in [-0.05, 0) is 36.2 Å². The van der Waals surface area contributed by atoms with Gasteiger partial charge in [-0.25, -0.2) is 13.9 Å². The fourth-order valence-corrected chi connectivity index (χ4v) is 4.91. The average molecular weight is 394 g/mol. The molecule has 7 nitrogen and oxygen atoms in total. The Kier molecular flexibility index (Phi) is 5.24. The summed E-state index contributed by atoms with van der Waals surface area (Å²) in [5.74, 6) is 0.131. The fourth-order valence-electron chi connectivity index (χ4n) is 2.47. The van der Waals surface area contributed by atoms with E-state index in [1.165, 1.54) is 29.4 Å². The van der Waals surface area contributed by atoms with E-state index < -0.39 is 22.0 Å². The molecule has 1 atom stereocenters. The second-order valence-corrected chi connectivity index (χ2v) is 8.88. The molecule has 0 saturated heterocycles. The van der Waals surface area contributed by atoms with Crippen LogP contribution in [0, 0.1) is 5.92 Å². The third-order valence-electron chi connectivity index (χ3n) is 3.86. The van der Waals surface area contributed by atoms with E-state index in [1.54, 1.807) is 19.9 Å². The number of carbonyl (C=O) groups excluding carboxylic acids is 1. The van der Waals surface area contributed by atoms with Crippen LogP contribution in [0.25, 0.3) is 0 Å². The first-order valence-electron chi connectivity index (χ1n) is 7.87. The van der Waals surface area contributed by atoms with E-state index in [0.717, 1.165) is 10.6 Å². The van der Waals surface area contributed by atoms with Crippen molar-refractivity contribution in [2.45, 2.75) is 34.6 Å². The number of para-hydroxylation sites is 1. The lowest BCUT2D eigenvalue weighted by molar-refractivity contribution is -0.131. The Bertz CT molecular complexity index is 944. The standard InChI is InChI=1S/C17H18N2O5S2/c1-10(2)16(17(20)18-21)19-26(22,23)11-7-8-13-15(9-11)25-14-6-4-3-5-12(14)24-13/h3-10,16,19,21H,1-2H3,(H,18,20). The van der Waals surface area contributed by atoms with Gasteiger partial charge >= 0.3 is 0 Å². The Morgan fingerprint density at radius 3 is 2.50 bits per heavy atom. The maximum atomic E-state index is 12.7. The maximum absolute atomic E-state index is 12.7. The molecule has 3 rings (SSSR count). The van der Waals surface area contributed by atoms with Gasteiger partial charge in [0.25, 0.3) is 5.91 Å². The van der Waals surface area contributed by atoms with Gasteiger partial charge in [-0.15, -0.1) is 0 Å². The monoisotopic (exact) mass is 394 g/mol. The number of nitrogens with one attached hydrogen (secondary N) is 2. The van der Waals surface area contributed by atoms with Gasteiger partial charge in [0, 0.05) is 0 Å². The molecule has 0 saturated carbocycles. The van der Waals surface area contributed by atoms with Crippen LogP contribution in [-0.2, 0) is 14.8 Å². The van der Waals surface area contributed by atoms with E-state index in [0.29, 0.717) is 10.6 Å². The average Bonchev–Trinajstić information content (AvgIpc) is 2.63. The summed E-state index contributed by atoms with van der Waals surface area (Å²) >= 11 is 1.41. The second kappa shape index (κ2) is 7.28. The SMILES string of the molecule is CC(C)C(NS(=O)(=O)c1ccc2c(c1)Sc1ccccc1O2)C(=O)NO. The molecule has 0 fully saturated rings. The van der Waals surface area contributed by atoms with Gasteiger partial charge in [0.2, 0.25) is 10.0 Å². The fraction of sp³-hybridized carbons (Fsp3) is 0.235. The molecule has 0 spiro atoms. The van der Waals surface area contributed by atoms with Crippen LogP contribution in [0.4, 0.5) is 0 Å². The Labute approximate surface area is 155 Å². The molecular weight excluding hydrogens is 376 g/mol. The highest BCUT2D eigenvalue weighted by molar-refractivity contribution is 7.99. The van der Waals surface area contributed by atoms with Gasteiger partial charge in [0.15, 0.2) is 0 Å². The van der Waals surface area contributed by atoms with Gasteiger partial charge < -0.3 is 4.74 Å². The minimum atomic E-state index is -3.96. The van der Waals surface area contributed by atoms with Crippen LogP contribution < -0.4 is 14.9 Å². The highest BCUT2D eigenvalue weighted by Gasteiger charge is 2.29. The first-order chi connectivity index (χ1) is 12.3. The van der Waals surface area contributed by atoms with E-state index in [1.807, 2.05) is 24.3 Å². The lowest BCUT2D eigenvalue weighted by Gasteiger charge is -2.22. The molecule has 1 aliphatic rings. The molecule has 1 amide bonds. The van der Waals surface area contributed by atoms with Crippen molar-refractivity contribution in [3.05, 3.63) is 42.5 Å². The largest absolute Gasteiger partial charge is 0.455 e. The van der Waals surface area contributed by atoms with Crippen molar-refractivity contribution in [3.63, 3.8) is 0 Å². The summed E-state index contributed by atoms with van der Waals surface area (Å²) in [5.41, 5.74) is 1.49. The van der Waals surface area contributed by atoms with Crippen molar-refractivity contribution >= 4 is 27.7 Å². The number of hydrogen-bond donors (Lipinski definition) is 3. The molecule has 2 aromatic rings. The Hall–Kier alpha value is -2.07. The van der Waals surface area contributed by atoms with Gasteiger partial charge in [-0.2, -0.15) is 4.72 Å². The first-order valence-corrected chi connectivity index (χ1v) is 10.2. The molecule has 0 bridgehead atoms. The summed E-state index contributed by atoms with van der Waals surface area (Å²) in [6, 6.07) is 10.9. The number of amides is 1. The topological polar surface area (TPSA) is 105 Å². The summed E-state index contributed by atoms with van der Waals surface area (Å²) in [5, 5.41) is 8.82. The Morgan fingerprint density at radius 1 is 1.12 bits per heavy atom. The summed E-state index contributed by atoms with van der Waals surface area (Å²) in [6.07, 6.45) is 0. The van der Waals surface area contributed by atoms with Crippen molar-refractivity contribution in [3.8, 4) is 11.5 Å². The minimum absolute atomic E-state index is 0.0168. The van der Waals surface area contributed by atoms with Crippen LogP contribution >= 0.6 is 11.8 Å². The third kappa shape index (κ3) is 3.70. The van der Waals surface area contributed by atoms with E-state index >= 15 is 0 Å². The van der Waals surface area contributed by atoms with Crippen LogP contribution in [0.2, 0.25) is 0 Å². The number of sulfonamides is 1. The molecule has 0 aromatic heterocycles. The van der Waals surface area contributed by atoms with Crippen molar-refractivity contribution in [2.75, 3.05) is 0 Å². The molecule has 1 aliphatic heterocycles. The first kappa shape index (κ1) is 18.7. The molecular formula is C17H18N2O5S2. The van der Waals surface area contributed by atoms with E-state index in [9.17, 15) is 13.2 Å². The van der Waals surface area contributed by atoms with Crippen molar-refractivity contribution < 1.29 is 23.2 Å². The predicted molar refractivity (Wildman–Crippen MR) is 96.0 cm³/mol. The molecule has 1 heterocycles. The molecule has 3 N–H and O–H groups in total. The molecule has 26 heavy (non-hydrogen) atoms. The predicted octanol–water partition coefficient (Wildman–Crippen LogP) is 2.75. The van der Waals surface area contributed by atoms with Crippen molar-refractivity contribution in [2.24, 2.45) is 5.92 Å². The van der Waals surface area contributed by atoms with Gasteiger partial charge in [-0.3, -0.25) is 10.0 Å². The van der Waals surface area contributed by atoms with Crippen molar-refractivity contribution in [1.82, 2.24) is 10.2 Å². The minimum Gasteiger partial charge on any atom is -0.455 e. The number of rotatable bonds is 5. The van der Waals surface area contributed by atoms with E-state index in [-0.39, 0.29) is 10.8 Å². The summed E-state index contributed by atoms with van der Waals surface area (Å²) in [7, 11) is -3.96. The molecule has 2 aromatic carbocycles. The van der Waals surface area contributed by atoms with Crippen LogP contribution in [0.5, 0.6) is 11.5 Å². The zero-order chi connectivity index (χ0) is 18.9. The smallest absolute Gasteiger partial charge is 0.261 e. The highest BCUT2D eigenvalue weighted by Crippen LogP contribution is 2.47. The Balaban J connectivity index is 1.89. The third-order valence-corrected chi connectivity index (χ3v) is 6.39. The number of fused-ring (bicyclic) bond motifs is 2. The molecule has 1 unspecified atom stereocenters. The summed E-state index contributed by atoms with van der Waals surface area (Å²) in [4.78, 5) is 13.3. The summed E-state index contributed by atoms with van der Waals surface area (Å²) in [6.45, 7) is 3.35. The van der Waals surface area contributed by atoms with E-state index in [4.69, 9.17) is 9.94 Å². The van der Waals surface area contributed by atoms with Crippen LogP contribution in [0.15, 0.2) is 57.2 Å². The molecule has 9 heteroatoms. The molecule has 0 aliphatic carbocycles. The second-order valence-electron chi connectivity index (χ2n) is 6.08. The summed E-state index contributed by atoms with van der Waals surface area (Å²) < 4.78 is 33.5. The van der Waals surface area contributed by atoms with Gasteiger partial charge in [0.05, 0.1) is 14.7 Å². The normalized spacial score (nSPS) is 14.2. The molecule has 0 radical (unpaired) electrons. The number of ether oxygens (including phenoxy) is 1. The van der Waals surface area contributed by atoms with Gasteiger partial charge in [0.1, 0.15) is 17.5 Å².